The molecule has 1 aromatic carbocycles. The Labute approximate surface area is 127 Å². The van der Waals surface area contributed by atoms with E-state index in [-0.39, 0.29) is 5.54 Å². The number of nitrogens with one attached hydrogen (secondary N) is 1. The van der Waals surface area contributed by atoms with Crippen molar-refractivity contribution in [2.45, 2.75) is 25.3 Å². The van der Waals surface area contributed by atoms with Gasteiger partial charge in [-0.2, -0.15) is 11.8 Å². The maximum absolute atomic E-state index is 3.73. The van der Waals surface area contributed by atoms with E-state index in [2.05, 4.69) is 59.2 Å². The molecule has 0 saturated carbocycles. The maximum atomic E-state index is 3.73. The maximum Gasteiger partial charge on any atom is 0.0535 e. The number of nitrogens with zero attached hydrogens (tertiary/aromatic N) is 1. The first-order valence-electron chi connectivity index (χ1n) is 7.87. The molecule has 2 heterocycles. The molecule has 3 rings (SSSR count). The molecule has 1 aromatic rings. The van der Waals surface area contributed by atoms with Crippen LogP contribution in [0.3, 0.4) is 0 Å². The van der Waals surface area contributed by atoms with Gasteiger partial charge >= 0.3 is 0 Å². The average molecular weight is 290 g/mol. The second-order valence-electron chi connectivity index (χ2n) is 6.42. The lowest BCUT2D eigenvalue weighted by molar-refractivity contribution is 0.122. The first-order chi connectivity index (χ1) is 9.76. The summed E-state index contributed by atoms with van der Waals surface area (Å²) in [5.41, 5.74) is 1.53. The largest absolute Gasteiger partial charge is 0.305 e. The highest BCUT2D eigenvalue weighted by Gasteiger charge is 2.32. The molecule has 1 N–H and O–H groups in total. The summed E-state index contributed by atoms with van der Waals surface area (Å²) in [7, 11) is 0. The van der Waals surface area contributed by atoms with Crippen LogP contribution in [0.1, 0.15) is 25.3 Å². The van der Waals surface area contributed by atoms with Gasteiger partial charge in [0.1, 0.15) is 0 Å². The third-order valence-corrected chi connectivity index (χ3v) is 5.80. The quantitative estimate of drug-likeness (QED) is 0.921. The Bertz CT molecular complexity index is 416. The van der Waals surface area contributed by atoms with Crippen LogP contribution >= 0.6 is 11.8 Å². The summed E-state index contributed by atoms with van der Waals surface area (Å²) >= 11 is 2.13. The summed E-state index contributed by atoms with van der Waals surface area (Å²) in [6.45, 7) is 7.09. The molecule has 20 heavy (non-hydrogen) atoms. The zero-order valence-corrected chi connectivity index (χ0v) is 13.3. The molecule has 2 nitrogen and oxygen atoms in total. The summed E-state index contributed by atoms with van der Waals surface area (Å²) in [5, 5.41) is 3.73. The fraction of sp³-hybridized carbons (Fsp3) is 0.647. The molecule has 0 bridgehead atoms. The summed E-state index contributed by atoms with van der Waals surface area (Å²) in [4.78, 5) is 2.68. The van der Waals surface area contributed by atoms with Gasteiger partial charge < -0.3 is 5.32 Å². The molecule has 110 valence electrons. The van der Waals surface area contributed by atoms with Crippen LogP contribution in [-0.4, -0.2) is 42.6 Å². The molecule has 2 aliphatic rings. The van der Waals surface area contributed by atoms with E-state index in [1.807, 2.05) is 0 Å². The van der Waals surface area contributed by atoms with Crippen LogP contribution in [-0.2, 0) is 5.54 Å². The molecular formula is C17H26N2S. The van der Waals surface area contributed by atoms with Gasteiger partial charge in [-0.25, -0.2) is 0 Å². The Morgan fingerprint density at radius 1 is 1.25 bits per heavy atom. The predicted molar refractivity (Wildman–Crippen MR) is 88.3 cm³/mol. The van der Waals surface area contributed by atoms with E-state index in [0.717, 1.165) is 19.0 Å². The minimum Gasteiger partial charge on any atom is -0.305 e. The van der Waals surface area contributed by atoms with E-state index in [9.17, 15) is 0 Å². The van der Waals surface area contributed by atoms with Crippen molar-refractivity contribution >= 4 is 11.8 Å². The minimum absolute atomic E-state index is 0.114. The van der Waals surface area contributed by atoms with Crippen molar-refractivity contribution in [2.75, 3.05) is 37.7 Å². The summed E-state index contributed by atoms with van der Waals surface area (Å²) < 4.78 is 0. The van der Waals surface area contributed by atoms with Crippen LogP contribution in [0.4, 0.5) is 0 Å². The Hall–Kier alpha value is -0.510. The zero-order valence-electron chi connectivity index (χ0n) is 12.5. The summed E-state index contributed by atoms with van der Waals surface area (Å²) in [6.07, 6.45) is 2.83. The molecule has 3 heteroatoms. The van der Waals surface area contributed by atoms with E-state index in [4.69, 9.17) is 0 Å². The van der Waals surface area contributed by atoms with Gasteiger partial charge in [0.25, 0.3) is 0 Å². The molecular weight excluding hydrogens is 264 g/mol. The van der Waals surface area contributed by atoms with Crippen molar-refractivity contribution in [1.82, 2.24) is 10.2 Å². The zero-order chi connectivity index (χ0) is 13.8. The van der Waals surface area contributed by atoms with Crippen LogP contribution < -0.4 is 5.32 Å². The van der Waals surface area contributed by atoms with Crippen molar-refractivity contribution in [3.63, 3.8) is 0 Å². The van der Waals surface area contributed by atoms with Gasteiger partial charge in [-0.3, -0.25) is 4.90 Å². The van der Waals surface area contributed by atoms with E-state index in [0.29, 0.717) is 0 Å². The summed E-state index contributed by atoms with van der Waals surface area (Å²) in [6, 6.07) is 10.9. The predicted octanol–water partition coefficient (Wildman–Crippen LogP) is 2.95. The Morgan fingerprint density at radius 2 is 2.00 bits per heavy atom. The molecule has 2 fully saturated rings. The lowest BCUT2D eigenvalue weighted by Crippen LogP contribution is -2.57. The van der Waals surface area contributed by atoms with Crippen molar-refractivity contribution < 1.29 is 0 Å². The van der Waals surface area contributed by atoms with Crippen LogP contribution in [0, 0.1) is 5.92 Å². The lowest BCUT2D eigenvalue weighted by atomic mass is 9.89. The molecule has 0 aliphatic carbocycles. The van der Waals surface area contributed by atoms with Gasteiger partial charge in [0.15, 0.2) is 0 Å². The van der Waals surface area contributed by atoms with Crippen molar-refractivity contribution in [1.29, 1.82) is 0 Å². The van der Waals surface area contributed by atoms with Crippen LogP contribution in [0.2, 0.25) is 0 Å². The number of hydrogen-bond donors (Lipinski definition) is 1. The van der Waals surface area contributed by atoms with Crippen LogP contribution in [0.15, 0.2) is 30.3 Å². The first kappa shape index (κ1) is 14.4. The normalized spacial score (nSPS) is 29.4. The topological polar surface area (TPSA) is 15.3 Å². The fourth-order valence-corrected chi connectivity index (χ4v) is 4.73. The second kappa shape index (κ2) is 6.50. The highest BCUT2D eigenvalue weighted by atomic mass is 32.2. The van der Waals surface area contributed by atoms with Crippen molar-refractivity contribution in [2.24, 2.45) is 5.92 Å². The van der Waals surface area contributed by atoms with Gasteiger partial charge in [-0.05, 0) is 42.8 Å². The molecule has 1 atom stereocenters. The van der Waals surface area contributed by atoms with Crippen molar-refractivity contribution in [3.05, 3.63) is 35.9 Å². The molecule has 0 spiro atoms. The van der Waals surface area contributed by atoms with Gasteiger partial charge in [-0.1, -0.05) is 30.3 Å². The van der Waals surface area contributed by atoms with Gasteiger partial charge in [0, 0.05) is 26.2 Å². The number of hydrogen-bond acceptors (Lipinski definition) is 3. The molecule has 2 saturated heterocycles. The number of rotatable bonds is 3. The van der Waals surface area contributed by atoms with Gasteiger partial charge in [0.05, 0.1) is 5.54 Å². The molecule has 1 unspecified atom stereocenters. The molecule has 0 amide bonds. The van der Waals surface area contributed by atoms with E-state index in [1.165, 1.54) is 43.0 Å². The minimum atomic E-state index is 0.114. The van der Waals surface area contributed by atoms with E-state index in [1.54, 1.807) is 0 Å². The molecule has 0 aromatic heterocycles. The van der Waals surface area contributed by atoms with E-state index < -0.39 is 0 Å². The average Bonchev–Trinajstić information content (AvgIpc) is 2.49. The lowest BCUT2D eigenvalue weighted by Gasteiger charge is -2.43. The van der Waals surface area contributed by atoms with Gasteiger partial charge in [-0.15, -0.1) is 0 Å². The van der Waals surface area contributed by atoms with Crippen molar-refractivity contribution in [3.8, 4) is 0 Å². The third-order valence-electron chi connectivity index (χ3n) is 4.75. The fourth-order valence-electron chi connectivity index (χ4n) is 3.52. The SMILES string of the molecule is CC1(c2ccccc2)CN(CC2CCSCC2)CCN1. The van der Waals surface area contributed by atoms with Gasteiger partial charge in [0.2, 0.25) is 0 Å². The number of benzene rings is 1. The number of piperazine rings is 1. The highest BCUT2D eigenvalue weighted by molar-refractivity contribution is 7.99. The highest BCUT2D eigenvalue weighted by Crippen LogP contribution is 2.27. The molecule has 0 radical (unpaired) electrons. The van der Waals surface area contributed by atoms with Crippen LogP contribution in [0.5, 0.6) is 0 Å². The Kier molecular flexibility index (Phi) is 4.69. The Morgan fingerprint density at radius 3 is 2.75 bits per heavy atom. The standard InChI is InChI=1S/C17H26N2S/c1-17(16-5-3-2-4-6-16)14-19(10-9-18-17)13-15-7-11-20-12-8-15/h2-6,15,18H,7-14H2,1H3. The third kappa shape index (κ3) is 3.38. The van der Waals surface area contributed by atoms with Crippen LogP contribution in [0.25, 0.3) is 0 Å². The monoisotopic (exact) mass is 290 g/mol. The summed E-state index contributed by atoms with van der Waals surface area (Å²) in [5.74, 6) is 3.66. The molecule has 2 aliphatic heterocycles. The Balaban J connectivity index is 1.63. The smallest absolute Gasteiger partial charge is 0.0535 e. The first-order valence-corrected chi connectivity index (χ1v) is 9.02. The second-order valence-corrected chi connectivity index (χ2v) is 7.64. The van der Waals surface area contributed by atoms with E-state index >= 15 is 0 Å². The number of thioether (sulfide) groups is 1.